The Hall–Kier alpha value is -2.10. The number of aromatic nitrogens is 1. The van der Waals surface area contributed by atoms with Crippen molar-refractivity contribution in [3.8, 4) is 11.5 Å². The Bertz CT molecular complexity index is 593. The molecule has 0 aliphatic rings. The minimum atomic E-state index is 0.0868. The van der Waals surface area contributed by atoms with Gasteiger partial charge in [0.2, 0.25) is 0 Å². The molecule has 0 amide bonds. The predicted molar refractivity (Wildman–Crippen MR) is 69.2 cm³/mol. The van der Waals surface area contributed by atoms with Crippen LogP contribution in [0.5, 0.6) is 11.5 Å². The number of pyridine rings is 1. The number of methoxy groups -OCH3 is 2. The second kappa shape index (κ2) is 5.04. The van der Waals surface area contributed by atoms with Crippen molar-refractivity contribution in [3.63, 3.8) is 0 Å². The van der Waals surface area contributed by atoms with Crippen molar-refractivity contribution in [2.75, 3.05) is 14.2 Å². The van der Waals surface area contributed by atoms with E-state index in [-0.39, 0.29) is 5.78 Å². The van der Waals surface area contributed by atoms with E-state index in [1.165, 1.54) is 0 Å². The lowest BCUT2D eigenvalue weighted by Crippen LogP contribution is -2.00. The number of carbonyl (C=O) groups excluding carboxylic acids is 1. The second-order valence-corrected chi connectivity index (χ2v) is 4.05. The van der Waals surface area contributed by atoms with Crippen molar-refractivity contribution in [1.82, 2.24) is 4.98 Å². The first-order chi connectivity index (χ1) is 8.65. The number of hydrogen-bond acceptors (Lipinski definition) is 4. The van der Waals surface area contributed by atoms with Gasteiger partial charge >= 0.3 is 0 Å². The number of carbonyl (C=O) groups is 1. The second-order valence-electron chi connectivity index (χ2n) is 4.05. The summed E-state index contributed by atoms with van der Waals surface area (Å²) < 4.78 is 10.6. The van der Waals surface area contributed by atoms with Gasteiger partial charge in [-0.1, -0.05) is 0 Å². The van der Waals surface area contributed by atoms with Gasteiger partial charge in [0.1, 0.15) is 22.8 Å². The highest BCUT2D eigenvalue weighted by atomic mass is 16.5. The van der Waals surface area contributed by atoms with Crippen LogP contribution >= 0.6 is 0 Å². The van der Waals surface area contributed by atoms with E-state index < -0.39 is 0 Å². The summed E-state index contributed by atoms with van der Waals surface area (Å²) in [6, 6.07) is 7.40. The smallest absolute Gasteiger partial charge is 0.145 e. The highest BCUT2D eigenvalue weighted by molar-refractivity contribution is 5.90. The third kappa shape index (κ3) is 2.27. The number of nitrogens with zero attached hydrogens (tertiary/aromatic N) is 1. The van der Waals surface area contributed by atoms with Crippen molar-refractivity contribution in [2.24, 2.45) is 0 Å². The third-order valence-electron chi connectivity index (χ3n) is 2.71. The van der Waals surface area contributed by atoms with Gasteiger partial charge in [-0.2, -0.15) is 0 Å². The van der Waals surface area contributed by atoms with Crippen LogP contribution in [0.1, 0.15) is 12.6 Å². The van der Waals surface area contributed by atoms with Crippen molar-refractivity contribution in [3.05, 3.63) is 30.0 Å². The Morgan fingerprint density at radius 2 is 1.78 bits per heavy atom. The highest BCUT2D eigenvalue weighted by Crippen LogP contribution is 2.31. The van der Waals surface area contributed by atoms with Crippen LogP contribution in [0.3, 0.4) is 0 Å². The molecule has 1 aromatic heterocycles. The number of Topliss-reactive ketones (excluding diaryl/α,β-unsaturated/α-hetero) is 1. The maximum Gasteiger partial charge on any atom is 0.145 e. The maximum absolute atomic E-state index is 11.1. The summed E-state index contributed by atoms with van der Waals surface area (Å²) in [5, 5.41) is 0.879. The molecule has 1 heterocycles. The zero-order valence-corrected chi connectivity index (χ0v) is 10.7. The van der Waals surface area contributed by atoms with Crippen molar-refractivity contribution in [1.29, 1.82) is 0 Å². The van der Waals surface area contributed by atoms with Crippen LogP contribution in [0, 0.1) is 0 Å². The molecule has 0 radical (unpaired) electrons. The molecule has 0 atom stereocenters. The molecule has 0 unspecified atom stereocenters. The van der Waals surface area contributed by atoms with Crippen LogP contribution in [0.4, 0.5) is 0 Å². The molecule has 2 rings (SSSR count). The Morgan fingerprint density at radius 3 is 2.39 bits per heavy atom. The van der Waals surface area contributed by atoms with Crippen LogP contribution in [-0.2, 0) is 11.2 Å². The lowest BCUT2D eigenvalue weighted by atomic mass is 10.1. The summed E-state index contributed by atoms with van der Waals surface area (Å²) in [6.07, 6.45) is 0.330. The van der Waals surface area contributed by atoms with E-state index in [0.29, 0.717) is 12.2 Å². The van der Waals surface area contributed by atoms with Gasteiger partial charge in [-0.3, -0.25) is 4.79 Å². The lowest BCUT2D eigenvalue weighted by Gasteiger charge is -2.10. The molecule has 0 spiro atoms. The minimum Gasteiger partial charge on any atom is -0.496 e. The number of rotatable bonds is 4. The van der Waals surface area contributed by atoms with E-state index in [4.69, 9.17) is 9.47 Å². The number of fused-ring (bicyclic) bond motifs is 1. The van der Waals surface area contributed by atoms with Gasteiger partial charge in [0, 0.05) is 17.5 Å². The summed E-state index contributed by atoms with van der Waals surface area (Å²) in [5.74, 6) is 1.51. The molecule has 0 aliphatic carbocycles. The summed E-state index contributed by atoms with van der Waals surface area (Å²) in [5.41, 5.74) is 1.46. The SMILES string of the molecule is COc1ccc(OC)c2nc(CC(C)=O)ccc12. The van der Waals surface area contributed by atoms with Crippen LogP contribution in [0.15, 0.2) is 24.3 Å². The molecule has 0 saturated carbocycles. The summed E-state index contributed by atoms with van der Waals surface area (Å²) >= 11 is 0. The largest absolute Gasteiger partial charge is 0.496 e. The molecule has 0 bridgehead atoms. The van der Waals surface area contributed by atoms with Crippen LogP contribution in [0.25, 0.3) is 10.9 Å². The standard InChI is InChI=1S/C14H15NO3/c1-9(16)8-10-4-5-11-12(17-2)6-7-13(18-3)14(11)15-10/h4-7H,8H2,1-3H3. The minimum absolute atomic E-state index is 0.0868. The van der Waals surface area contributed by atoms with E-state index in [1.54, 1.807) is 21.1 Å². The molecule has 0 N–H and O–H groups in total. The average molecular weight is 245 g/mol. The Morgan fingerprint density at radius 1 is 1.11 bits per heavy atom. The molecule has 0 aliphatic heterocycles. The molecule has 18 heavy (non-hydrogen) atoms. The van der Waals surface area contributed by atoms with Gasteiger partial charge in [0.25, 0.3) is 0 Å². The van der Waals surface area contributed by atoms with E-state index in [9.17, 15) is 4.79 Å². The molecule has 2 aromatic rings. The molecule has 0 fully saturated rings. The molecule has 4 heteroatoms. The topological polar surface area (TPSA) is 48.4 Å². The van der Waals surface area contributed by atoms with Gasteiger partial charge in [0.05, 0.1) is 14.2 Å². The first-order valence-corrected chi connectivity index (χ1v) is 5.65. The Labute approximate surface area is 106 Å². The molecular weight excluding hydrogens is 230 g/mol. The maximum atomic E-state index is 11.1. The zero-order chi connectivity index (χ0) is 13.1. The summed E-state index contributed by atoms with van der Waals surface area (Å²) in [7, 11) is 3.21. The number of benzene rings is 1. The van der Waals surface area contributed by atoms with Gasteiger partial charge in [-0.25, -0.2) is 4.98 Å². The fourth-order valence-electron chi connectivity index (χ4n) is 1.90. The Balaban J connectivity index is 2.62. The average Bonchev–Trinajstić information content (AvgIpc) is 2.36. The normalized spacial score (nSPS) is 10.4. The third-order valence-corrected chi connectivity index (χ3v) is 2.71. The van der Waals surface area contributed by atoms with Crippen molar-refractivity contribution < 1.29 is 14.3 Å². The van der Waals surface area contributed by atoms with Gasteiger partial charge in [-0.15, -0.1) is 0 Å². The number of ether oxygens (including phenoxy) is 2. The number of hydrogen-bond donors (Lipinski definition) is 0. The van der Waals surface area contributed by atoms with Crippen molar-refractivity contribution >= 4 is 16.7 Å². The van der Waals surface area contributed by atoms with Crippen LogP contribution < -0.4 is 9.47 Å². The van der Waals surface area contributed by atoms with Gasteiger partial charge in [0.15, 0.2) is 0 Å². The van der Waals surface area contributed by atoms with E-state index >= 15 is 0 Å². The lowest BCUT2D eigenvalue weighted by molar-refractivity contribution is -0.116. The molecule has 1 aromatic carbocycles. The summed E-state index contributed by atoms with van der Waals surface area (Å²) in [6.45, 7) is 1.55. The highest BCUT2D eigenvalue weighted by Gasteiger charge is 2.10. The quantitative estimate of drug-likeness (QED) is 0.829. The van der Waals surface area contributed by atoms with E-state index in [2.05, 4.69) is 4.98 Å². The van der Waals surface area contributed by atoms with E-state index in [0.717, 1.165) is 22.3 Å². The predicted octanol–water partition coefficient (Wildman–Crippen LogP) is 2.38. The fraction of sp³-hybridized carbons (Fsp3) is 0.286. The zero-order valence-electron chi connectivity index (χ0n) is 10.7. The fourth-order valence-corrected chi connectivity index (χ4v) is 1.90. The molecular formula is C14H15NO3. The molecule has 94 valence electrons. The first-order valence-electron chi connectivity index (χ1n) is 5.65. The van der Waals surface area contributed by atoms with Crippen molar-refractivity contribution in [2.45, 2.75) is 13.3 Å². The van der Waals surface area contributed by atoms with Gasteiger partial charge in [-0.05, 0) is 31.2 Å². The van der Waals surface area contributed by atoms with Crippen LogP contribution in [-0.4, -0.2) is 25.0 Å². The summed E-state index contributed by atoms with van der Waals surface area (Å²) in [4.78, 5) is 15.6. The number of ketones is 1. The first kappa shape index (κ1) is 12.4. The molecule has 4 nitrogen and oxygen atoms in total. The Kier molecular flexibility index (Phi) is 3.46. The molecule has 0 saturated heterocycles. The van der Waals surface area contributed by atoms with E-state index in [1.807, 2.05) is 24.3 Å². The van der Waals surface area contributed by atoms with Gasteiger partial charge < -0.3 is 9.47 Å². The monoisotopic (exact) mass is 245 g/mol. The van der Waals surface area contributed by atoms with Crippen LogP contribution in [0.2, 0.25) is 0 Å².